The number of aliphatic carboxylic acids is 1. The van der Waals surface area contributed by atoms with Gasteiger partial charge in [-0.25, -0.2) is 0 Å². The zero-order valence-corrected chi connectivity index (χ0v) is 20.1. The minimum absolute atomic E-state index is 0.0557. The standard InChI is InChI=1S/C26H32N2O3S/c1-16-20(31-15-18-11-7-8-14-27-18)13-12-19-21(16)24(32-26(2,3)4)23(28-19)22(25(29)30)17-9-5-6-10-17/h7-8,11-14,17,22,28H,5-6,9-10,15H2,1-4H3,(H,29,30). The van der Waals surface area contributed by atoms with Crippen LogP contribution in [0.3, 0.4) is 0 Å². The van der Waals surface area contributed by atoms with Crippen molar-refractivity contribution in [3.8, 4) is 5.75 Å². The number of aromatic amines is 1. The number of fused-ring (bicyclic) bond motifs is 1. The fourth-order valence-electron chi connectivity index (χ4n) is 4.70. The summed E-state index contributed by atoms with van der Waals surface area (Å²) in [5, 5.41) is 11.3. The van der Waals surface area contributed by atoms with Crippen LogP contribution in [0.25, 0.3) is 10.9 Å². The van der Waals surface area contributed by atoms with Gasteiger partial charge in [0.05, 0.1) is 5.69 Å². The first-order valence-electron chi connectivity index (χ1n) is 11.3. The number of nitrogens with zero attached hydrogens (tertiary/aromatic N) is 1. The van der Waals surface area contributed by atoms with E-state index in [9.17, 15) is 9.90 Å². The van der Waals surface area contributed by atoms with Crippen molar-refractivity contribution in [3.63, 3.8) is 0 Å². The lowest BCUT2D eigenvalue weighted by molar-refractivity contribution is -0.140. The Balaban J connectivity index is 1.79. The average molecular weight is 453 g/mol. The fourth-order valence-corrected chi connectivity index (χ4v) is 5.97. The van der Waals surface area contributed by atoms with E-state index in [0.29, 0.717) is 6.61 Å². The molecule has 170 valence electrons. The molecule has 0 amide bonds. The highest BCUT2D eigenvalue weighted by molar-refractivity contribution is 8.00. The third-order valence-corrected chi connectivity index (χ3v) is 7.36. The van der Waals surface area contributed by atoms with Crippen LogP contribution in [0.4, 0.5) is 0 Å². The molecule has 1 unspecified atom stereocenters. The molecule has 0 saturated heterocycles. The molecule has 1 aliphatic carbocycles. The van der Waals surface area contributed by atoms with Crippen LogP contribution in [0, 0.1) is 12.8 Å². The van der Waals surface area contributed by atoms with Crippen LogP contribution < -0.4 is 4.74 Å². The van der Waals surface area contributed by atoms with Gasteiger partial charge in [0.25, 0.3) is 0 Å². The van der Waals surface area contributed by atoms with E-state index in [1.165, 1.54) is 0 Å². The Morgan fingerprint density at radius 1 is 1.25 bits per heavy atom. The summed E-state index contributed by atoms with van der Waals surface area (Å²) in [4.78, 5) is 21.3. The molecular formula is C26H32N2O3S. The molecule has 1 atom stereocenters. The number of H-pyrrole nitrogens is 1. The van der Waals surface area contributed by atoms with E-state index >= 15 is 0 Å². The van der Waals surface area contributed by atoms with Crippen LogP contribution in [0.15, 0.2) is 41.4 Å². The van der Waals surface area contributed by atoms with Gasteiger partial charge in [0.2, 0.25) is 0 Å². The van der Waals surface area contributed by atoms with Crippen LogP contribution in [0.1, 0.15) is 69.3 Å². The van der Waals surface area contributed by atoms with Gasteiger partial charge in [-0.2, -0.15) is 0 Å². The maximum absolute atomic E-state index is 12.4. The predicted molar refractivity (Wildman–Crippen MR) is 130 cm³/mol. The second-order valence-corrected chi connectivity index (χ2v) is 11.5. The molecule has 0 bridgehead atoms. The molecule has 6 heteroatoms. The van der Waals surface area contributed by atoms with Gasteiger partial charge >= 0.3 is 5.97 Å². The average Bonchev–Trinajstić information content (AvgIpc) is 3.37. The maximum Gasteiger partial charge on any atom is 0.312 e. The summed E-state index contributed by atoms with van der Waals surface area (Å²) in [7, 11) is 0. The Kier molecular flexibility index (Phi) is 6.52. The van der Waals surface area contributed by atoms with Crippen molar-refractivity contribution in [2.75, 3.05) is 0 Å². The number of rotatable bonds is 7. The van der Waals surface area contributed by atoms with Gasteiger partial charge in [0.1, 0.15) is 18.3 Å². The smallest absolute Gasteiger partial charge is 0.312 e. The minimum Gasteiger partial charge on any atom is -0.487 e. The molecule has 32 heavy (non-hydrogen) atoms. The number of hydrogen-bond acceptors (Lipinski definition) is 4. The largest absolute Gasteiger partial charge is 0.487 e. The van der Waals surface area contributed by atoms with Crippen molar-refractivity contribution in [2.45, 2.75) is 75.5 Å². The van der Waals surface area contributed by atoms with Crippen LogP contribution in [-0.4, -0.2) is 25.8 Å². The van der Waals surface area contributed by atoms with Gasteiger partial charge in [-0.3, -0.25) is 9.78 Å². The van der Waals surface area contributed by atoms with Gasteiger partial charge in [-0.15, -0.1) is 11.8 Å². The molecule has 4 rings (SSSR count). The number of aromatic nitrogens is 2. The summed E-state index contributed by atoms with van der Waals surface area (Å²) in [6.45, 7) is 8.96. The Morgan fingerprint density at radius 3 is 2.62 bits per heavy atom. The van der Waals surface area contributed by atoms with Crippen LogP contribution >= 0.6 is 11.8 Å². The third kappa shape index (κ3) is 4.80. The quantitative estimate of drug-likeness (QED) is 0.390. The lowest BCUT2D eigenvalue weighted by Gasteiger charge is -2.23. The van der Waals surface area contributed by atoms with Crippen molar-refractivity contribution in [3.05, 3.63) is 53.5 Å². The van der Waals surface area contributed by atoms with Gasteiger partial charge in [-0.1, -0.05) is 39.7 Å². The number of pyridine rings is 1. The van der Waals surface area contributed by atoms with E-state index in [-0.39, 0.29) is 10.7 Å². The number of aryl methyl sites for hydroxylation is 1. The van der Waals surface area contributed by atoms with Crippen LogP contribution in [-0.2, 0) is 11.4 Å². The number of carbonyl (C=O) groups is 1. The number of carboxylic acids is 1. The van der Waals surface area contributed by atoms with Gasteiger partial charge in [-0.05, 0) is 49.9 Å². The number of thioether (sulfide) groups is 1. The summed E-state index contributed by atoms with van der Waals surface area (Å²) < 4.78 is 6.08. The Hall–Kier alpha value is -2.47. The monoisotopic (exact) mass is 452 g/mol. The lowest BCUT2D eigenvalue weighted by Crippen LogP contribution is -2.21. The Bertz CT molecular complexity index is 1100. The Morgan fingerprint density at radius 2 is 2.00 bits per heavy atom. The second kappa shape index (κ2) is 9.18. The molecule has 0 spiro atoms. The molecular weight excluding hydrogens is 420 g/mol. The highest BCUT2D eigenvalue weighted by Crippen LogP contribution is 2.48. The molecule has 1 saturated carbocycles. The normalized spacial score (nSPS) is 15.9. The molecule has 0 aliphatic heterocycles. The molecule has 1 aliphatic rings. The number of hydrogen-bond donors (Lipinski definition) is 2. The SMILES string of the molecule is Cc1c(OCc2ccccn2)ccc2[nH]c(C(C(=O)O)C3CCCC3)c(SC(C)(C)C)c12. The first-order valence-corrected chi connectivity index (χ1v) is 12.2. The number of ether oxygens (including phenoxy) is 1. The van der Waals surface area contributed by atoms with E-state index in [4.69, 9.17) is 4.74 Å². The van der Waals surface area contributed by atoms with Crippen molar-refractivity contribution >= 4 is 28.6 Å². The molecule has 2 aromatic heterocycles. The molecule has 2 N–H and O–H groups in total. The van der Waals surface area contributed by atoms with Crippen molar-refractivity contribution < 1.29 is 14.6 Å². The maximum atomic E-state index is 12.4. The molecule has 3 aromatic rings. The van der Waals surface area contributed by atoms with Crippen molar-refractivity contribution in [1.29, 1.82) is 0 Å². The molecule has 0 radical (unpaired) electrons. The lowest BCUT2D eigenvalue weighted by atomic mass is 9.88. The Labute approximate surface area is 194 Å². The van der Waals surface area contributed by atoms with Crippen LogP contribution in [0.5, 0.6) is 5.75 Å². The van der Waals surface area contributed by atoms with E-state index in [1.807, 2.05) is 30.3 Å². The molecule has 5 nitrogen and oxygen atoms in total. The van der Waals surface area contributed by atoms with Crippen molar-refractivity contribution in [2.24, 2.45) is 5.92 Å². The fraction of sp³-hybridized carbons (Fsp3) is 0.462. The van der Waals surface area contributed by atoms with E-state index < -0.39 is 11.9 Å². The van der Waals surface area contributed by atoms with E-state index in [0.717, 1.165) is 64.2 Å². The molecule has 1 aromatic carbocycles. The van der Waals surface area contributed by atoms with E-state index in [1.54, 1.807) is 18.0 Å². The number of carboxylic acid groups (broad SMARTS) is 1. The van der Waals surface area contributed by atoms with E-state index in [2.05, 4.69) is 37.7 Å². The summed E-state index contributed by atoms with van der Waals surface area (Å²) in [6.07, 6.45) is 5.94. The number of benzene rings is 1. The topological polar surface area (TPSA) is 75.2 Å². The van der Waals surface area contributed by atoms with Crippen molar-refractivity contribution in [1.82, 2.24) is 9.97 Å². The minimum atomic E-state index is -0.733. The summed E-state index contributed by atoms with van der Waals surface area (Å²) >= 11 is 1.74. The molecule has 2 heterocycles. The second-order valence-electron chi connectivity index (χ2n) is 9.66. The highest BCUT2D eigenvalue weighted by atomic mass is 32.2. The third-order valence-electron chi connectivity index (χ3n) is 6.11. The summed E-state index contributed by atoms with van der Waals surface area (Å²) in [6, 6.07) is 9.77. The summed E-state index contributed by atoms with van der Waals surface area (Å²) in [5.41, 5.74) is 3.73. The first-order chi connectivity index (χ1) is 15.2. The zero-order chi connectivity index (χ0) is 22.9. The van der Waals surface area contributed by atoms with Gasteiger partial charge in [0.15, 0.2) is 0 Å². The van der Waals surface area contributed by atoms with Gasteiger partial charge < -0.3 is 14.8 Å². The molecule has 1 fully saturated rings. The number of nitrogens with one attached hydrogen (secondary N) is 1. The van der Waals surface area contributed by atoms with Gasteiger partial charge in [0, 0.05) is 38.0 Å². The van der Waals surface area contributed by atoms with Crippen LogP contribution in [0.2, 0.25) is 0 Å². The highest BCUT2D eigenvalue weighted by Gasteiger charge is 2.36. The zero-order valence-electron chi connectivity index (χ0n) is 19.3. The summed E-state index contributed by atoms with van der Waals surface area (Å²) in [5.74, 6) is -0.257. The predicted octanol–water partition coefficient (Wildman–Crippen LogP) is 6.70. The first kappa shape index (κ1) is 22.7.